The number of hydrogen-bond acceptors (Lipinski definition) is 5. The van der Waals surface area contributed by atoms with Crippen molar-refractivity contribution in [3.05, 3.63) is 32.4 Å². The number of hydrogen-bond donors (Lipinski definition) is 0. The second-order valence-electron chi connectivity index (χ2n) is 2.64. The smallest absolute Gasteiger partial charge is 0.169 e. The number of rotatable bonds is 3. The van der Waals surface area contributed by atoms with E-state index < -0.39 is 0 Å². The minimum absolute atomic E-state index is 0.0286. The maximum Gasteiger partial charge on any atom is 0.169 e. The number of ketones is 1. The molecule has 0 N–H and O–H groups in total. The molecule has 2 rings (SSSR count). The van der Waals surface area contributed by atoms with Crippen molar-refractivity contribution in [3.8, 4) is 0 Å². The first-order valence-corrected chi connectivity index (χ1v) is 5.88. The molecule has 2 aromatic rings. The lowest BCUT2D eigenvalue weighted by Crippen LogP contribution is -2.02. The minimum atomic E-state index is 0.0286. The SMILES string of the molecule is O=C(Cc1csnn1)c1csc(Cl)c1. The third-order valence-corrected chi connectivity index (χ3v) is 3.28. The Balaban J connectivity index is 2.10. The largest absolute Gasteiger partial charge is 0.294 e. The molecule has 0 bridgehead atoms. The van der Waals surface area contributed by atoms with Gasteiger partial charge in [-0.3, -0.25) is 4.79 Å². The van der Waals surface area contributed by atoms with E-state index in [1.807, 2.05) is 0 Å². The van der Waals surface area contributed by atoms with Crippen molar-refractivity contribution in [1.82, 2.24) is 9.59 Å². The van der Waals surface area contributed by atoms with Crippen molar-refractivity contribution in [2.24, 2.45) is 0 Å². The van der Waals surface area contributed by atoms with E-state index in [4.69, 9.17) is 11.6 Å². The third-order valence-electron chi connectivity index (χ3n) is 1.64. The van der Waals surface area contributed by atoms with Gasteiger partial charge in [0.2, 0.25) is 0 Å². The molecule has 0 atom stereocenters. The van der Waals surface area contributed by atoms with Crippen LogP contribution < -0.4 is 0 Å². The van der Waals surface area contributed by atoms with Crippen LogP contribution in [0.5, 0.6) is 0 Å². The molecule has 72 valence electrons. The van der Waals surface area contributed by atoms with E-state index in [2.05, 4.69) is 9.59 Å². The lowest BCUT2D eigenvalue weighted by atomic mass is 10.1. The number of thiophene rings is 1. The lowest BCUT2D eigenvalue weighted by Gasteiger charge is -1.92. The van der Waals surface area contributed by atoms with Crippen LogP contribution in [-0.4, -0.2) is 15.4 Å². The molecule has 0 aromatic carbocycles. The Bertz CT molecular complexity index is 438. The van der Waals surface area contributed by atoms with Crippen LogP contribution in [0.2, 0.25) is 4.34 Å². The van der Waals surface area contributed by atoms with Crippen LogP contribution in [0.25, 0.3) is 0 Å². The van der Waals surface area contributed by atoms with Crippen molar-refractivity contribution >= 4 is 40.3 Å². The number of halogens is 1. The average Bonchev–Trinajstić information content (AvgIpc) is 2.75. The standard InChI is InChI=1S/C8H5ClN2OS2/c9-8-1-5(3-13-8)7(12)2-6-4-14-11-10-6/h1,3-4H,2H2. The first-order chi connectivity index (χ1) is 6.75. The van der Waals surface area contributed by atoms with E-state index in [-0.39, 0.29) is 5.78 Å². The number of carbonyl (C=O) groups is 1. The van der Waals surface area contributed by atoms with Gasteiger partial charge >= 0.3 is 0 Å². The Morgan fingerprint density at radius 2 is 2.36 bits per heavy atom. The third kappa shape index (κ3) is 2.17. The van der Waals surface area contributed by atoms with Crippen molar-refractivity contribution in [2.45, 2.75) is 6.42 Å². The zero-order valence-electron chi connectivity index (χ0n) is 6.94. The van der Waals surface area contributed by atoms with Crippen molar-refractivity contribution in [3.63, 3.8) is 0 Å². The predicted octanol–water partition coefficient (Wildman–Crippen LogP) is 2.68. The summed E-state index contributed by atoms with van der Waals surface area (Å²) in [4.78, 5) is 11.6. The van der Waals surface area contributed by atoms with Gasteiger partial charge in [0.15, 0.2) is 5.78 Å². The molecule has 0 fully saturated rings. The minimum Gasteiger partial charge on any atom is -0.294 e. The number of carbonyl (C=O) groups excluding carboxylic acids is 1. The highest BCUT2D eigenvalue weighted by molar-refractivity contribution is 7.14. The Morgan fingerprint density at radius 1 is 1.50 bits per heavy atom. The fraction of sp³-hybridized carbons (Fsp3) is 0.125. The summed E-state index contributed by atoms with van der Waals surface area (Å²) in [7, 11) is 0. The Hall–Kier alpha value is -0.780. The Kier molecular flexibility index (Phi) is 2.90. The first-order valence-electron chi connectivity index (χ1n) is 3.79. The molecule has 2 heterocycles. The Labute approximate surface area is 93.5 Å². The summed E-state index contributed by atoms with van der Waals surface area (Å²) in [6.45, 7) is 0. The van der Waals surface area contributed by atoms with Gasteiger partial charge in [-0.15, -0.1) is 16.4 Å². The summed E-state index contributed by atoms with van der Waals surface area (Å²) in [5.74, 6) is 0.0286. The highest BCUT2D eigenvalue weighted by Gasteiger charge is 2.10. The van der Waals surface area contributed by atoms with Gasteiger partial charge in [0.25, 0.3) is 0 Å². The molecule has 0 aliphatic rings. The lowest BCUT2D eigenvalue weighted by molar-refractivity contribution is 0.0992. The highest BCUT2D eigenvalue weighted by atomic mass is 35.5. The number of nitrogens with zero attached hydrogens (tertiary/aromatic N) is 2. The van der Waals surface area contributed by atoms with Gasteiger partial charge in [0, 0.05) is 16.3 Å². The van der Waals surface area contributed by atoms with Gasteiger partial charge in [-0.2, -0.15) is 0 Å². The summed E-state index contributed by atoms with van der Waals surface area (Å²) in [6.07, 6.45) is 0.295. The first kappa shape index (κ1) is 9.76. The van der Waals surface area contributed by atoms with Crippen molar-refractivity contribution in [1.29, 1.82) is 0 Å². The highest BCUT2D eigenvalue weighted by Crippen LogP contribution is 2.21. The predicted molar refractivity (Wildman–Crippen MR) is 57.3 cm³/mol. The molecule has 0 aliphatic heterocycles. The molecule has 0 radical (unpaired) electrons. The molecule has 0 spiro atoms. The number of Topliss-reactive ketones (excluding diaryl/α,β-unsaturated/α-hetero) is 1. The number of aromatic nitrogens is 2. The van der Waals surface area contributed by atoms with Crippen LogP contribution >= 0.6 is 34.5 Å². The maximum atomic E-state index is 11.6. The zero-order chi connectivity index (χ0) is 9.97. The second kappa shape index (κ2) is 4.16. The quantitative estimate of drug-likeness (QED) is 0.780. The van der Waals surface area contributed by atoms with Gasteiger partial charge in [-0.25, -0.2) is 0 Å². The molecule has 0 saturated carbocycles. The molecule has 0 saturated heterocycles. The second-order valence-corrected chi connectivity index (χ2v) is 4.79. The summed E-state index contributed by atoms with van der Waals surface area (Å²) >= 11 is 8.33. The Morgan fingerprint density at radius 3 is 2.93 bits per heavy atom. The summed E-state index contributed by atoms with van der Waals surface area (Å²) in [5, 5.41) is 7.33. The monoisotopic (exact) mass is 244 g/mol. The summed E-state index contributed by atoms with van der Waals surface area (Å²) < 4.78 is 4.32. The average molecular weight is 245 g/mol. The normalized spacial score (nSPS) is 10.4. The van der Waals surface area contributed by atoms with E-state index in [1.54, 1.807) is 16.8 Å². The van der Waals surface area contributed by atoms with Crippen LogP contribution in [0.1, 0.15) is 16.1 Å². The maximum absolute atomic E-state index is 11.6. The molecular weight excluding hydrogens is 240 g/mol. The van der Waals surface area contributed by atoms with Crippen LogP contribution in [0.4, 0.5) is 0 Å². The van der Waals surface area contributed by atoms with Crippen molar-refractivity contribution < 1.29 is 4.79 Å². The van der Waals surface area contributed by atoms with Gasteiger partial charge in [-0.1, -0.05) is 16.1 Å². The van der Waals surface area contributed by atoms with Gasteiger partial charge in [0.1, 0.15) is 0 Å². The fourth-order valence-corrected chi connectivity index (χ4v) is 2.32. The topological polar surface area (TPSA) is 42.9 Å². The molecule has 2 aromatic heterocycles. The van der Waals surface area contributed by atoms with Gasteiger partial charge in [-0.05, 0) is 17.6 Å². The van der Waals surface area contributed by atoms with Crippen LogP contribution in [0.15, 0.2) is 16.8 Å². The molecule has 14 heavy (non-hydrogen) atoms. The molecular formula is C8H5ClN2OS2. The molecule has 3 nitrogen and oxygen atoms in total. The summed E-state index contributed by atoms with van der Waals surface area (Å²) in [5.41, 5.74) is 1.36. The fourth-order valence-electron chi connectivity index (χ4n) is 0.984. The van der Waals surface area contributed by atoms with Gasteiger partial charge in [0.05, 0.1) is 16.5 Å². The van der Waals surface area contributed by atoms with Gasteiger partial charge < -0.3 is 0 Å². The van der Waals surface area contributed by atoms with Crippen molar-refractivity contribution in [2.75, 3.05) is 0 Å². The van der Waals surface area contributed by atoms with Crippen LogP contribution in [0, 0.1) is 0 Å². The van der Waals surface area contributed by atoms with Crippen LogP contribution in [0.3, 0.4) is 0 Å². The molecule has 0 unspecified atom stereocenters. The molecule has 0 aliphatic carbocycles. The van der Waals surface area contributed by atoms with E-state index in [0.717, 1.165) is 0 Å². The van der Waals surface area contributed by atoms with Crippen LogP contribution in [-0.2, 0) is 6.42 Å². The molecule has 0 amide bonds. The summed E-state index contributed by atoms with van der Waals surface area (Å²) in [6, 6.07) is 1.67. The zero-order valence-corrected chi connectivity index (χ0v) is 9.33. The molecule has 6 heteroatoms. The van der Waals surface area contributed by atoms with E-state index >= 15 is 0 Å². The van der Waals surface area contributed by atoms with E-state index in [9.17, 15) is 4.79 Å². The van der Waals surface area contributed by atoms with E-state index in [0.29, 0.717) is 22.0 Å². The van der Waals surface area contributed by atoms with E-state index in [1.165, 1.54) is 22.9 Å².